The summed E-state index contributed by atoms with van der Waals surface area (Å²) < 4.78 is 0.838. The molecule has 0 aliphatic carbocycles. The molecule has 0 amide bonds. The highest BCUT2D eigenvalue weighted by atomic mass is 79.9. The quantitative estimate of drug-likeness (QED) is 0.770. The van der Waals surface area contributed by atoms with Crippen molar-refractivity contribution < 1.29 is 0 Å². The summed E-state index contributed by atoms with van der Waals surface area (Å²) in [7, 11) is 0. The molecule has 0 aliphatic rings. The summed E-state index contributed by atoms with van der Waals surface area (Å²) in [5.41, 5.74) is 7.30. The van der Waals surface area contributed by atoms with Crippen LogP contribution in [-0.2, 0) is 0 Å². The largest absolute Gasteiger partial charge is 0.324 e. The van der Waals surface area contributed by atoms with Crippen molar-refractivity contribution in [2.45, 2.75) is 26.8 Å². The van der Waals surface area contributed by atoms with Crippen molar-refractivity contribution in [3.8, 4) is 0 Å². The molecule has 13 heavy (non-hydrogen) atoms. The maximum absolute atomic E-state index is 6.09. The summed E-state index contributed by atoms with van der Waals surface area (Å²) in [5, 5.41) is 0. The first-order valence-corrected chi connectivity index (χ1v) is 5.07. The van der Waals surface area contributed by atoms with E-state index in [1.165, 1.54) is 0 Å². The molecule has 0 bridgehead atoms. The van der Waals surface area contributed by atoms with Gasteiger partial charge in [-0.25, -0.2) is 4.98 Å². The van der Waals surface area contributed by atoms with Gasteiger partial charge in [0.1, 0.15) is 4.60 Å². The van der Waals surface area contributed by atoms with Crippen LogP contribution in [0.3, 0.4) is 0 Å². The van der Waals surface area contributed by atoms with Crippen LogP contribution in [0.1, 0.15) is 32.4 Å². The van der Waals surface area contributed by atoms with Crippen molar-refractivity contribution in [2.75, 3.05) is 0 Å². The van der Waals surface area contributed by atoms with Crippen LogP contribution < -0.4 is 5.73 Å². The predicted octanol–water partition coefficient (Wildman–Crippen LogP) is 2.89. The van der Waals surface area contributed by atoms with Crippen molar-refractivity contribution >= 4 is 15.9 Å². The number of aromatic nitrogens is 1. The molecule has 0 saturated carbocycles. The lowest BCUT2D eigenvalue weighted by Gasteiger charge is -2.27. The first-order valence-electron chi connectivity index (χ1n) is 4.28. The Labute approximate surface area is 87.7 Å². The van der Waals surface area contributed by atoms with Gasteiger partial charge in [0.15, 0.2) is 0 Å². The summed E-state index contributed by atoms with van der Waals surface area (Å²) in [6.07, 6.45) is 1.77. The molecule has 0 fully saturated rings. The second-order valence-electron chi connectivity index (χ2n) is 4.26. The van der Waals surface area contributed by atoms with E-state index in [1.54, 1.807) is 6.20 Å². The lowest BCUT2D eigenvalue weighted by molar-refractivity contribution is 0.326. The first kappa shape index (κ1) is 10.7. The summed E-state index contributed by atoms with van der Waals surface area (Å²) in [6.45, 7) is 6.39. The Morgan fingerprint density at radius 3 is 2.54 bits per heavy atom. The van der Waals surface area contributed by atoms with Gasteiger partial charge in [0.05, 0.1) is 0 Å². The van der Waals surface area contributed by atoms with E-state index >= 15 is 0 Å². The minimum Gasteiger partial charge on any atom is -0.324 e. The first-order chi connectivity index (χ1) is 5.91. The average molecular weight is 243 g/mol. The molecular weight excluding hydrogens is 228 g/mol. The Morgan fingerprint density at radius 2 is 2.08 bits per heavy atom. The van der Waals surface area contributed by atoms with Gasteiger partial charge in [0.25, 0.3) is 0 Å². The summed E-state index contributed by atoms with van der Waals surface area (Å²) in [6, 6.07) is 3.98. The van der Waals surface area contributed by atoms with Gasteiger partial charge >= 0.3 is 0 Å². The van der Waals surface area contributed by atoms with Gasteiger partial charge in [-0.05, 0) is 39.0 Å². The molecule has 0 radical (unpaired) electrons. The maximum atomic E-state index is 6.09. The number of rotatable bonds is 1. The summed E-state index contributed by atoms with van der Waals surface area (Å²) >= 11 is 3.33. The average Bonchev–Trinajstić information content (AvgIpc) is 2.01. The van der Waals surface area contributed by atoms with Gasteiger partial charge in [0.2, 0.25) is 0 Å². The van der Waals surface area contributed by atoms with Crippen molar-refractivity contribution in [1.29, 1.82) is 0 Å². The number of nitrogens with two attached hydrogens (primary N) is 1. The van der Waals surface area contributed by atoms with Crippen LogP contribution in [0.15, 0.2) is 22.9 Å². The van der Waals surface area contributed by atoms with Crippen molar-refractivity contribution in [3.63, 3.8) is 0 Å². The molecule has 1 rings (SSSR count). The number of halogens is 1. The summed E-state index contributed by atoms with van der Waals surface area (Å²) in [5.74, 6) is 0. The number of hydrogen-bond acceptors (Lipinski definition) is 2. The van der Waals surface area contributed by atoms with Crippen LogP contribution >= 0.6 is 15.9 Å². The Balaban J connectivity index is 2.96. The third-order valence-corrected chi connectivity index (χ3v) is 2.48. The zero-order valence-electron chi connectivity index (χ0n) is 8.21. The highest BCUT2D eigenvalue weighted by Crippen LogP contribution is 2.30. The second-order valence-corrected chi connectivity index (χ2v) is 5.07. The van der Waals surface area contributed by atoms with Crippen molar-refractivity contribution in [1.82, 2.24) is 4.98 Å². The molecule has 0 unspecified atom stereocenters. The monoisotopic (exact) mass is 242 g/mol. The molecule has 0 aliphatic heterocycles. The molecule has 0 aromatic carbocycles. The fourth-order valence-electron chi connectivity index (χ4n) is 1.11. The Kier molecular flexibility index (Phi) is 3.09. The third kappa shape index (κ3) is 2.78. The number of hydrogen-bond donors (Lipinski definition) is 1. The van der Waals surface area contributed by atoms with E-state index in [4.69, 9.17) is 5.73 Å². The molecule has 2 N–H and O–H groups in total. The van der Waals surface area contributed by atoms with Crippen LogP contribution in [0, 0.1) is 5.41 Å². The Bertz CT molecular complexity index is 291. The van der Waals surface area contributed by atoms with Gasteiger partial charge in [0, 0.05) is 12.2 Å². The molecule has 1 atom stereocenters. The van der Waals surface area contributed by atoms with E-state index in [9.17, 15) is 0 Å². The van der Waals surface area contributed by atoms with E-state index in [-0.39, 0.29) is 11.5 Å². The third-order valence-electron chi connectivity index (χ3n) is 2.04. The van der Waals surface area contributed by atoms with E-state index < -0.39 is 0 Å². The zero-order valence-corrected chi connectivity index (χ0v) is 9.80. The normalized spacial score (nSPS) is 14.2. The van der Waals surface area contributed by atoms with E-state index in [1.807, 2.05) is 12.1 Å². The molecule has 3 heteroatoms. The molecule has 1 aromatic rings. The Hall–Kier alpha value is -0.410. The topological polar surface area (TPSA) is 38.9 Å². The summed E-state index contributed by atoms with van der Waals surface area (Å²) in [4.78, 5) is 4.07. The smallest absolute Gasteiger partial charge is 0.106 e. The molecule has 0 spiro atoms. The highest BCUT2D eigenvalue weighted by Gasteiger charge is 2.22. The highest BCUT2D eigenvalue weighted by molar-refractivity contribution is 9.10. The van der Waals surface area contributed by atoms with Gasteiger partial charge in [-0.1, -0.05) is 20.8 Å². The Morgan fingerprint density at radius 1 is 1.46 bits per heavy atom. The van der Waals surface area contributed by atoms with Crippen LogP contribution in [0.5, 0.6) is 0 Å². The SMILES string of the molecule is CC(C)(C)[C@@H](N)c1ccnc(Br)c1. The minimum atomic E-state index is 0.0480. The fraction of sp³-hybridized carbons (Fsp3) is 0.500. The molecule has 2 nitrogen and oxygen atoms in total. The van der Waals surface area contributed by atoms with Crippen LogP contribution in [0.2, 0.25) is 0 Å². The number of nitrogens with zero attached hydrogens (tertiary/aromatic N) is 1. The minimum absolute atomic E-state index is 0.0480. The van der Waals surface area contributed by atoms with Gasteiger partial charge < -0.3 is 5.73 Å². The standard InChI is InChI=1S/C10H15BrN2/c1-10(2,3)9(12)7-4-5-13-8(11)6-7/h4-6,9H,12H2,1-3H3/t9-/m0/s1. The van der Waals surface area contributed by atoms with Gasteiger partial charge in [-0.15, -0.1) is 0 Å². The van der Waals surface area contributed by atoms with E-state index in [0.717, 1.165) is 10.2 Å². The van der Waals surface area contributed by atoms with E-state index in [0.29, 0.717) is 0 Å². The predicted molar refractivity (Wildman–Crippen MR) is 58.3 cm³/mol. The molecular formula is C10H15BrN2. The maximum Gasteiger partial charge on any atom is 0.106 e. The van der Waals surface area contributed by atoms with Crippen molar-refractivity contribution in [2.24, 2.45) is 11.1 Å². The number of pyridine rings is 1. The molecule has 1 aromatic heterocycles. The lowest BCUT2D eigenvalue weighted by atomic mass is 9.83. The molecule has 0 saturated heterocycles. The molecule has 72 valence electrons. The van der Waals surface area contributed by atoms with Gasteiger partial charge in [-0.2, -0.15) is 0 Å². The zero-order chi connectivity index (χ0) is 10.1. The second kappa shape index (κ2) is 3.76. The van der Waals surface area contributed by atoms with Crippen LogP contribution in [0.4, 0.5) is 0 Å². The fourth-order valence-corrected chi connectivity index (χ4v) is 1.49. The van der Waals surface area contributed by atoms with Crippen LogP contribution in [-0.4, -0.2) is 4.98 Å². The van der Waals surface area contributed by atoms with Gasteiger partial charge in [-0.3, -0.25) is 0 Å². The molecule has 1 heterocycles. The lowest BCUT2D eigenvalue weighted by Crippen LogP contribution is -2.26. The van der Waals surface area contributed by atoms with E-state index in [2.05, 4.69) is 41.7 Å². The van der Waals surface area contributed by atoms with Crippen LogP contribution in [0.25, 0.3) is 0 Å². The van der Waals surface area contributed by atoms with Crippen molar-refractivity contribution in [3.05, 3.63) is 28.5 Å².